The molecular weight excluding hydrogens is 448 g/mol. The highest BCUT2D eigenvalue weighted by Gasteiger charge is 2.31. The van der Waals surface area contributed by atoms with Gasteiger partial charge in [0.05, 0.1) is 19.3 Å². The molecule has 0 aromatic heterocycles. The lowest BCUT2D eigenvalue weighted by atomic mass is 10.1. The maximum Gasteiger partial charge on any atom is 0.318 e. The van der Waals surface area contributed by atoms with E-state index in [0.717, 1.165) is 24.0 Å². The number of carbonyl (C=O) groups excluding carboxylic acids is 3. The summed E-state index contributed by atoms with van der Waals surface area (Å²) in [6.07, 6.45) is 4.62. The average Bonchev–Trinajstić information content (AvgIpc) is 3.44. The Morgan fingerprint density at radius 3 is 2.46 bits per heavy atom. The highest BCUT2D eigenvalue weighted by atomic mass is 16.5. The highest BCUT2D eigenvalue weighted by molar-refractivity contribution is 5.93. The van der Waals surface area contributed by atoms with Crippen LogP contribution in [-0.2, 0) is 16.1 Å². The first-order valence-corrected chi connectivity index (χ1v) is 11.9. The second kappa shape index (κ2) is 10.7. The Bertz CT molecular complexity index is 1110. The number of nitrogens with zero attached hydrogens (tertiary/aromatic N) is 1. The predicted molar refractivity (Wildman–Crippen MR) is 133 cm³/mol. The van der Waals surface area contributed by atoms with Crippen LogP contribution in [0, 0.1) is 0 Å². The lowest BCUT2D eigenvalue weighted by molar-refractivity contribution is -0.115. The summed E-state index contributed by atoms with van der Waals surface area (Å²) in [5, 5.41) is 8.55. The van der Waals surface area contributed by atoms with Crippen LogP contribution in [0.25, 0.3) is 0 Å². The molecule has 4 amide bonds. The van der Waals surface area contributed by atoms with Crippen molar-refractivity contribution in [3.63, 3.8) is 0 Å². The van der Waals surface area contributed by atoms with E-state index in [-0.39, 0.29) is 30.0 Å². The van der Waals surface area contributed by atoms with Crippen molar-refractivity contribution in [2.45, 2.75) is 58.2 Å². The van der Waals surface area contributed by atoms with Crippen molar-refractivity contribution in [2.24, 2.45) is 0 Å². The topological polar surface area (TPSA) is 109 Å². The Hall–Kier alpha value is -3.75. The van der Waals surface area contributed by atoms with Crippen molar-refractivity contribution in [1.82, 2.24) is 10.2 Å². The van der Waals surface area contributed by atoms with E-state index in [1.165, 1.54) is 26.7 Å². The lowest BCUT2D eigenvalue weighted by Crippen LogP contribution is -2.28. The summed E-state index contributed by atoms with van der Waals surface area (Å²) in [5.74, 6) is 0.944. The van der Waals surface area contributed by atoms with Gasteiger partial charge in [0, 0.05) is 38.3 Å². The molecule has 1 heterocycles. The molecule has 0 radical (unpaired) electrons. The Balaban J connectivity index is 1.50. The second-order valence-corrected chi connectivity index (χ2v) is 9.05. The number of nitrogens with one attached hydrogen (secondary N) is 3. The van der Waals surface area contributed by atoms with Gasteiger partial charge in [0.15, 0.2) is 11.5 Å². The summed E-state index contributed by atoms with van der Waals surface area (Å²) < 4.78 is 11.7. The fourth-order valence-corrected chi connectivity index (χ4v) is 4.61. The van der Waals surface area contributed by atoms with Crippen LogP contribution in [0.15, 0.2) is 36.4 Å². The van der Waals surface area contributed by atoms with Crippen LogP contribution >= 0.6 is 0 Å². The number of methoxy groups -OCH3 is 1. The van der Waals surface area contributed by atoms with Crippen molar-refractivity contribution in [3.8, 4) is 11.5 Å². The summed E-state index contributed by atoms with van der Waals surface area (Å²) in [7, 11) is 1.62. The molecule has 186 valence electrons. The molecule has 0 bridgehead atoms. The number of amides is 4. The molecule has 1 atom stereocenters. The zero-order valence-electron chi connectivity index (χ0n) is 20.3. The molecule has 1 aliphatic carbocycles. The summed E-state index contributed by atoms with van der Waals surface area (Å²) >= 11 is 0. The van der Waals surface area contributed by atoms with Crippen LogP contribution in [0.3, 0.4) is 0 Å². The maximum absolute atomic E-state index is 12.8. The molecule has 9 nitrogen and oxygen atoms in total. The first kappa shape index (κ1) is 24.4. The van der Waals surface area contributed by atoms with Gasteiger partial charge in [0.1, 0.15) is 0 Å². The standard InChI is InChI=1S/C26H32N4O5/c1-16(31)27-20-10-8-19(22(13-20)28-17(2)32)14-30-15-23(29-26(30)33)18-9-11-24(34-3)25(12-18)35-21-6-4-5-7-21/h8-13,21,23H,4-7,14-15H2,1-3H3,(H,27,31)(H,28,32)(H,29,33)/t23-/m1/s1. The third kappa shape index (κ3) is 6.03. The number of urea groups is 1. The van der Waals surface area contributed by atoms with E-state index >= 15 is 0 Å². The number of hydrogen-bond donors (Lipinski definition) is 3. The molecule has 1 saturated carbocycles. The van der Waals surface area contributed by atoms with Gasteiger partial charge in [-0.3, -0.25) is 9.59 Å². The number of carbonyl (C=O) groups is 3. The monoisotopic (exact) mass is 480 g/mol. The predicted octanol–water partition coefficient (Wildman–Crippen LogP) is 4.20. The van der Waals surface area contributed by atoms with Gasteiger partial charge >= 0.3 is 6.03 Å². The Labute approximate surface area is 205 Å². The minimum absolute atomic E-state index is 0.191. The minimum Gasteiger partial charge on any atom is -0.493 e. The fourth-order valence-electron chi connectivity index (χ4n) is 4.61. The van der Waals surface area contributed by atoms with E-state index in [9.17, 15) is 14.4 Å². The van der Waals surface area contributed by atoms with Crippen LogP contribution in [0.5, 0.6) is 11.5 Å². The molecule has 2 aliphatic rings. The van der Waals surface area contributed by atoms with Gasteiger partial charge in [0.25, 0.3) is 0 Å². The van der Waals surface area contributed by atoms with Crippen LogP contribution in [0.1, 0.15) is 56.7 Å². The van der Waals surface area contributed by atoms with E-state index < -0.39 is 0 Å². The quantitative estimate of drug-likeness (QED) is 0.525. The molecule has 2 fully saturated rings. The molecule has 3 N–H and O–H groups in total. The number of anilines is 2. The van der Waals surface area contributed by atoms with E-state index in [2.05, 4.69) is 16.0 Å². The van der Waals surface area contributed by atoms with Crippen molar-refractivity contribution in [3.05, 3.63) is 47.5 Å². The number of hydrogen-bond acceptors (Lipinski definition) is 5. The minimum atomic E-state index is -0.233. The number of ether oxygens (including phenoxy) is 2. The smallest absolute Gasteiger partial charge is 0.318 e. The summed E-state index contributed by atoms with van der Waals surface area (Å²) in [4.78, 5) is 37.6. The van der Waals surface area contributed by atoms with Crippen LogP contribution < -0.4 is 25.4 Å². The second-order valence-electron chi connectivity index (χ2n) is 9.05. The average molecular weight is 481 g/mol. The van der Waals surface area contributed by atoms with Crippen LogP contribution in [0.2, 0.25) is 0 Å². The molecule has 2 aromatic carbocycles. The van der Waals surface area contributed by atoms with Gasteiger partial charge in [-0.2, -0.15) is 0 Å². The lowest BCUT2D eigenvalue weighted by Gasteiger charge is -2.19. The molecule has 0 unspecified atom stereocenters. The van der Waals surface area contributed by atoms with Crippen LogP contribution in [0.4, 0.5) is 16.2 Å². The molecule has 1 saturated heterocycles. The van der Waals surface area contributed by atoms with Gasteiger partial charge in [-0.1, -0.05) is 12.1 Å². The van der Waals surface area contributed by atoms with E-state index in [0.29, 0.717) is 36.0 Å². The molecule has 4 rings (SSSR count). The molecule has 1 aliphatic heterocycles. The molecule has 2 aromatic rings. The summed E-state index contributed by atoms with van der Waals surface area (Å²) in [6.45, 7) is 3.60. The highest BCUT2D eigenvalue weighted by Crippen LogP contribution is 2.35. The first-order valence-electron chi connectivity index (χ1n) is 11.9. The van der Waals surface area contributed by atoms with Crippen molar-refractivity contribution in [1.29, 1.82) is 0 Å². The normalized spacial score (nSPS) is 17.7. The van der Waals surface area contributed by atoms with Gasteiger partial charge in [-0.05, 0) is 61.1 Å². The first-order chi connectivity index (χ1) is 16.8. The van der Waals surface area contributed by atoms with Gasteiger partial charge in [-0.25, -0.2) is 4.79 Å². The molecule has 9 heteroatoms. The molecule has 35 heavy (non-hydrogen) atoms. The fraction of sp³-hybridized carbons (Fsp3) is 0.423. The van der Waals surface area contributed by atoms with Crippen LogP contribution in [-0.4, -0.2) is 42.5 Å². The van der Waals surface area contributed by atoms with Crippen molar-refractivity contribution < 1.29 is 23.9 Å². The van der Waals surface area contributed by atoms with E-state index in [1.807, 2.05) is 18.2 Å². The Kier molecular flexibility index (Phi) is 7.43. The molecule has 0 spiro atoms. The summed E-state index contributed by atoms with van der Waals surface area (Å²) in [5.41, 5.74) is 2.83. The van der Waals surface area contributed by atoms with Gasteiger partial charge in [-0.15, -0.1) is 0 Å². The van der Waals surface area contributed by atoms with E-state index in [4.69, 9.17) is 9.47 Å². The largest absolute Gasteiger partial charge is 0.493 e. The third-order valence-electron chi connectivity index (χ3n) is 6.28. The number of rotatable bonds is 8. The Morgan fingerprint density at radius 1 is 1.03 bits per heavy atom. The SMILES string of the molecule is COc1ccc([C@H]2CN(Cc3ccc(NC(C)=O)cc3NC(C)=O)C(=O)N2)cc1OC1CCCC1. The van der Waals surface area contributed by atoms with Crippen molar-refractivity contribution >= 4 is 29.2 Å². The van der Waals surface area contributed by atoms with Crippen molar-refractivity contribution in [2.75, 3.05) is 24.3 Å². The number of benzene rings is 2. The molecular formula is C26H32N4O5. The zero-order chi connectivity index (χ0) is 24.9. The summed E-state index contributed by atoms with van der Waals surface area (Å²) in [6, 6.07) is 10.6. The third-order valence-corrected chi connectivity index (χ3v) is 6.28. The van der Waals surface area contributed by atoms with E-state index in [1.54, 1.807) is 30.2 Å². The zero-order valence-corrected chi connectivity index (χ0v) is 20.3. The van der Waals surface area contributed by atoms with Gasteiger partial charge < -0.3 is 30.3 Å². The van der Waals surface area contributed by atoms with Gasteiger partial charge in [0.2, 0.25) is 11.8 Å². The maximum atomic E-state index is 12.8. The Morgan fingerprint density at radius 2 is 1.77 bits per heavy atom.